The SMILES string of the molecule is C=CC(=O)Nc1cccc(N2CCC(NC)C2)c1.CC.O=Cc1[nH]ncc1NC(=O)c1c(Cl)cccc1Cl. The molecule has 1 atom stereocenters. The number of aromatic nitrogens is 2. The van der Waals surface area contributed by atoms with Crippen LogP contribution >= 0.6 is 23.2 Å². The Morgan fingerprint density at radius 2 is 1.82 bits per heavy atom. The van der Waals surface area contributed by atoms with Gasteiger partial charge in [-0.2, -0.15) is 5.10 Å². The van der Waals surface area contributed by atoms with E-state index in [2.05, 4.69) is 43.7 Å². The molecule has 2 amide bonds. The zero-order chi connectivity index (χ0) is 28.1. The maximum Gasteiger partial charge on any atom is 0.258 e. The molecule has 1 saturated heterocycles. The summed E-state index contributed by atoms with van der Waals surface area (Å²) in [5.74, 6) is -0.684. The number of aldehydes is 1. The number of halogens is 2. The number of H-pyrrole nitrogens is 1. The number of likely N-dealkylation sites (N-methyl/N-ethyl adjacent to an activating group) is 1. The van der Waals surface area contributed by atoms with Crippen molar-refractivity contribution in [2.75, 3.05) is 35.7 Å². The molecule has 1 aromatic heterocycles. The molecule has 11 heteroatoms. The lowest BCUT2D eigenvalue weighted by Crippen LogP contribution is -2.29. The normalized spacial score (nSPS) is 13.8. The minimum Gasteiger partial charge on any atom is -0.370 e. The molecule has 0 spiro atoms. The molecule has 1 aliphatic heterocycles. The number of hydrogen-bond donors (Lipinski definition) is 4. The van der Waals surface area contributed by atoms with Crippen molar-refractivity contribution in [2.45, 2.75) is 26.3 Å². The van der Waals surface area contributed by atoms with Gasteiger partial charge in [0.1, 0.15) is 5.69 Å². The fourth-order valence-electron chi connectivity index (χ4n) is 3.59. The van der Waals surface area contributed by atoms with Crippen LogP contribution in [-0.4, -0.2) is 54.5 Å². The van der Waals surface area contributed by atoms with Crippen molar-refractivity contribution in [3.8, 4) is 0 Å². The van der Waals surface area contributed by atoms with Gasteiger partial charge in [-0.3, -0.25) is 19.5 Å². The number of aromatic amines is 1. The first-order valence-electron chi connectivity index (χ1n) is 12.1. The van der Waals surface area contributed by atoms with E-state index in [1.807, 2.05) is 39.1 Å². The standard InChI is InChI=1S/C14H19N3O.C11H7Cl2N3O2.C2H6/c1-3-14(18)16-11-5-4-6-13(9-11)17-8-7-12(10-17)15-2;12-6-2-1-3-7(13)10(6)11(18)15-8-4-14-16-9(8)5-17;1-2/h3-6,9,12,15H,1,7-8,10H2,2H3,(H,16,18);1-5H,(H,14,16)(H,15,18);1-2H3. The highest BCUT2D eigenvalue weighted by molar-refractivity contribution is 6.40. The summed E-state index contributed by atoms with van der Waals surface area (Å²) in [5.41, 5.74) is 2.55. The third-order valence-corrected chi connectivity index (χ3v) is 6.12. The van der Waals surface area contributed by atoms with Crippen molar-refractivity contribution in [1.29, 1.82) is 0 Å². The highest BCUT2D eigenvalue weighted by Crippen LogP contribution is 2.26. The number of nitrogens with one attached hydrogen (secondary N) is 4. The highest BCUT2D eigenvalue weighted by Gasteiger charge is 2.21. The number of rotatable bonds is 7. The molecule has 202 valence electrons. The second kappa shape index (κ2) is 15.6. The van der Waals surface area contributed by atoms with Crippen molar-refractivity contribution < 1.29 is 14.4 Å². The molecule has 0 aliphatic carbocycles. The lowest BCUT2D eigenvalue weighted by molar-refractivity contribution is -0.111. The summed E-state index contributed by atoms with van der Waals surface area (Å²) in [6, 6.07) is 13.2. The minimum absolute atomic E-state index is 0.152. The first-order valence-corrected chi connectivity index (χ1v) is 12.8. The Bertz CT molecular complexity index is 1230. The number of benzene rings is 2. The van der Waals surface area contributed by atoms with Crippen molar-refractivity contribution in [3.05, 3.63) is 82.6 Å². The molecule has 0 saturated carbocycles. The van der Waals surface area contributed by atoms with Crippen molar-refractivity contribution in [3.63, 3.8) is 0 Å². The lowest BCUT2D eigenvalue weighted by atomic mass is 10.2. The van der Waals surface area contributed by atoms with E-state index in [1.165, 1.54) is 12.3 Å². The summed E-state index contributed by atoms with van der Waals surface area (Å²) in [6.07, 6.45) is 4.31. The number of nitrogens with zero attached hydrogens (tertiary/aromatic N) is 2. The Morgan fingerprint density at radius 1 is 1.13 bits per heavy atom. The molecular weight excluding hydrogens is 527 g/mol. The van der Waals surface area contributed by atoms with E-state index >= 15 is 0 Å². The van der Waals surface area contributed by atoms with Gasteiger partial charge in [0.2, 0.25) is 5.91 Å². The van der Waals surface area contributed by atoms with Crippen LogP contribution in [0.2, 0.25) is 10.0 Å². The van der Waals surface area contributed by atoms with Crippen LogP contribution in [0.25, 0.3) is 0 Å². The van der Waals surface area contributed by atoms with Crippen LogP contribution in [-0.2, 0) is 4.79 Å². The van der Waals surface area contributed by atoms with E-state index in [4.69, 9.17) is 23.2 Å². The third-order valence-electron chi connectivity index (χ3n) is 5.49. The van der Waals surface area contributed by atoms with Crippen LogP contribution in [0.15, 0.2) is 61.3 Å². The zero-order valence-corrected chi connectivity index (χ0v) is 23.1. The molecule has 1 aliphatic rings. The first-order chi connectivity index (χ1) is 18.4. The molecule has 1 unspecified atom stereocenters. The number of amides is 2. The molecule has 2 heterocycles. The molecular formula is C27H32Cl2N6O3. The largest absolute Gasteiger partial charge is 0.370 e. The van der Waals surface area contributed by atoms with Crippen LogP contribution in [0, 0.1) is 0 Å². The predicted molar refractivity (Wildman–Crippen MR) is 155 cm³/mol. The van der Waals surface area contributed by atoms with Gasteiger partial charge in [0.15, 0.2) is 6.29 Å². The maximum atomic E-state index is 12.0. The number of carbonyl (C=O) groups is 3. The molecule has 1 fully saturated rings. The van der Waals surface area contributed by atoms with Crippen LogP contribution in [0.1, 0.15) is 41.1 Å². The van der Waals surface area contributed by atoms with Gasteiger partial charge < -0.3 is 20.9 Å². The highest BCUT2D eigenvalue weighted by atomic mass is 35.5. The first kappa shape index (κ1) is 30.6. The molecule has 2 aromatic carbocycles. The summed E-state index contributed by atoms with van der Waals surface area (Å²) in [7, 11) is 1.99. The fraction of sp³-hybridized carbons (Fsp3) is 0.259. The van der Waals surface area contributed by atoms with E-state index in [0.29, 0.717) is 12.3 Å². The van der Waals surface area contributed by atoms with Gasteiger partial charge >= 0.3 is 0 Å². The summed E-state index contributed by atoms with van der Waals surface area (Å²) >= 11 is 11.8. The summed E-state index contributed by atoms with van der Waals surface area (Å²) < 4.78 is 0. The van der Waals surface area contributed by atoms with Gasteiger partial charge in [0.05, 0.1) is 27.5 Å². The fourth-order valence-corrected chi connectivity index (χ4v) is 4.16. The summed E-state index contributed by atoms with van der Waals surface area (Å²) in [5, 5.41) is 15.1. The van der Waals surface area contributed by atoms with Gasteiger partial charge in [0, 0.05) is 30.5 Å². The van der Waals surface area contributed by atoms with Gasteiger partial charge in [-0.15, -0.1) is 0 Å². The minimum atomic E-state index is -0.505. The zero-order valence-electron chi connectivity index (χ0n) is 21.6. The molecule has 0 radical (unpaired) electrons. The Morgan fingerprint density at radius 3 is 2.42 bits per heavy atom. The third kappa shape index (κ3) is 8.44. The Hall–Kier alpha value is -3.66. The van der Waals surface area contributed by atoms with E-state index in [0.717, 1.165) is 30.9 Å². The average molecular weight is 559 g/mol. The van der Waals surface area contributed by atoms with Crippen LogP contribution < -0.4 is 20.9 Å². The van der Waals surface area contributed by atoms with Gasteiger partial charge in [-0.05, 0) is 49.9 Å². The monoisotopic (exact) mass is 558 g/mol. The molecule has 0 bridgehead atoms. The summed E-state index contributed by atoms with van der Waals surface area (Å²) in [4.78, 5) is 36.2. The molecule has 3 aromatic rings. The Labute approximate surface area is 232 Å². The van der Waals surface area contributed by atoms with Crippen molar-refractivity contribution in [1.82, 2.24) is 15.5 Å². The topological polar surface area (TPSA) is 119 Å². The number of carbonyl (C=O) groups excluding carboxylic acids is 3. The maximum absolute atomic E-state index is 12.0. The Kier molecular flexibility index (Phi) is 12.5. The van der Waals surface area contributed by atoms with Gasteiger partial charge in [-0.1, -0.05) is 55.8 Å². The lowest BCUT2D eigenvalue weighted by Gasteiger charge is -2.19. The van der Waals surface area contributed by atoms with E-state index in [-0.39, 0.29) is 32.9 Å². The molecule has 9 nitrogen and oxygen atoms in total. The van der Waals surface area contributed by atoms with E-state index in [1.54, 1.807) is 18.2 Å². The summed E-state index contributed by atoms with van der Waals surface area (Å²) in [6.45, 7) is 9.50. The van der Waals surface area contributed by atoms with Crippen molar-refractivity contribution >= 4 is 58.4 Å². The second-order valence-corrected chi connectivity index (χ2v) is 8.64. The van der Waals surface area contributed by atoms with Crippen LogP contribution in [0.3, 0.4) is 0 Å². The van der Waals surface area contributed by atoms with E-state index < -0.39 is 5.91 Å². The van der Waals surface area contributed by atoms with Gasteiger partial charge in [0.25, 0.3) is 5.91 Å². The predicted octanol–water partition coefficient (Wildman–Crippen LogP) is 5.42. The number of anilines is 3. The molecule has 4 rings (SSSR count). The van der Waals surface area contributed by atoms with E-state index in [9.17, 15) is 14.4 Å². The van der Waals surface area contributed by atoms with Crippen molar-refractivity contribution in [2.24, 2.45) is 0 Å². The molecule has 38 heavy (non-hydrogen) atoms. The number of hydrogen-bond acceptors (Lipinski definition) is 6. The quantitative estimate of drug-likeness (QED) is 0.227. The smallest absolute Gasteiger partial charge is 0.258 e. The Balaban J connectivity index is 0.000000251. The second-order valence-electron chi connectivity index (χ2n) is 7.83. The molecule has 4 N–H and O–H groups in total. The van der Waals surface area contributed by atoms with Crippen LogP contribution in [0.4, 0.5) is 17.1 Å². The average Bonchev–Trinajstić information content (AvgIpc) is 3.60. The van der Waals surface area contributed by atoms with Gasteiger partial charge in [-0.25, -0.2) is 0 Å². The van der Waals surface area contributed by atoms with Crippen LogP contribution in [0.5, 0.6) is 0 Å².